The summed E-state index contributed by atoms with van der Waals surface area (Å²) >= 11 is 6.13. The van der Waals surface area contributed by atoms with Crippen LogP contribution in [0.1, 0.15) is 23.2 Å². The van der Waals surface area contributed by atoms with Crippen LogP contribution in [0.25, 0.3) is 10.9 Å². The molecular weight excluding hydrogens is 350 g/mol. The van der Waals surface area contributed by atoms with Gasteiger partial charge in [0.25, 0.3) is 5.91 Å². The second kappa shape index (κ2) is 6.77. The lowest BCUT2D eigenvalue weighted by molar-refractivity contribution is -0.117. The summed E-state index contributed by atoms with van der Waals surface area (Å²) in [6.45, 7) is 0. The van der Waals surface area contributed by atoms with E-state index in [0.29, 0.717) is 27.5 Å². The SMILES string of the molecule is O=C(Nc1cccc(NC(=O)C2CC2)c1)c1cc(Cl)cc2cccnc12. The Balaban J connectivity index is 1.58. The number of pyridine rings is 1. The summed E-state index contributed by atoms with van der Waals surface area (Å²) in [5.41, 5.74) is 2.24. The fourth-order valence-electron chi connectivity index (χ4n) is 2.79. The van der Waals surface area contributed by atoms with Gasteiger partial charge in [0, 0.05) is 33.9 Å². The number of rotatable bonds is 4. The lowest BCUT2D eigenvalue weighted by atomic mass is 10.1. The summed E-state index contributed by atoms with van der Waals surface area (Å²) in [6.07, 6.45) is 3.52. The van der Waals surface area contributed by atoms with Crippen LogP contribution in [0.5, 0.6) is 0 Å². The van der Waals surface area contributed by atoms with Gasteiger partial charge in [-0.25, -0.2) is 0 Å². The Labute approximate surface area is 155 Å². The summed E-state index contributed by atoms with van der Waals surface area (Å²) in [7, 11) is 0. The molecule has 130 valence electrons. The topological polar surface area (TPSA) is 71.1 Å². The largest absolute Gasteiger partial charge is 0.326 e. The number of carbonyl (C=O) groups excluding carboxylic acids is 2. The molecule has 0 spiro atoms. The van der Waals surface area contributed by atoms with Crippen LogP contribution in [0, 0.1) is 5.92 Å². The predicted octanol–water partition coefficient (Wildman–Crippen LogP) is 4.49. The first-order valence-electron chi connectivity index (χ1n) is 8.37. The van der Waals surface area contributed by atoms with Crippen molar-refractivity contribution < 1.29 is 9.59 Å². The zero-order chi connectivity index (χ0) is 18.1. The highest BCUT2D eigenvalue weighted by molar-refractivity contribution is 6.32. The molecule has 1 aliphatic rings. The van der Waals surface area contributed by atoms with Crippen LogP contribution in [-0.4, -0.2) is 16.8 Å². The molecule has 26 heavy (non-hydrogen) atoms. The molecule has 0 radical (unpaired) electrons. The standard InChI is InChI=1S/C20H16ClN3O2/c21-14-9-13-3-2-8-22-18(13)17(10-14)20(26)24-16-5-1-4-15(11-16)23-19(25)12-6-7-12/h1-5,8-12H,6-7H2,(H,23,25)(H,24,26). The van der Waals surface area contributed by atoms with E-state index < -0.39 is 0 Å². The van der Waals surface area contributed by atoms with Crippen LogP contribution in [0.3, 0.4) is 0 Å². The second-order valence-corrected chi connectivity index (χ2v) is 6.76. The summed E-state index contributed by atoms with van der Waals surface area (Å²) in [5.74, 6) is -0.155. The monoisotopic (exact) mass is 365 g/mol. The number of benzene rings is 2. The minimum absolute atomic E-state index is 0.0264. The lowest BCUT2D eigenvalue weighted by Gasteiger charge is -2.10. The summed E-state index contributed by atoms with van der Waals surface area (Å²) in [4.78, 5) is 28.9. The molecule has 4 rings (SSSR count). The number of fused-ring (bicyclic) bond motifs is 1. The van der Waals surface area contributed by atoms with Gasteiger partial charge in [-0.1, -0.05) is 23.7 Å². The fourth-order valence-corrected chi connectivity index (χ4v) is 3.02. The molecular formula is C20H16ClN3O2. The normalized spacial score (nSPS) is 13.4. The third-order valence-electron chi connectivity index (χ3n) is 4.25. The van der Waals surface area contributed by atoms with E-state index in [9.17, 15) is 9.59 Å². The van der Waals surface area contributed by atoms with Crippen LogP contribution in [0.15, 0.2) is 54.7 Å². The van der Waals surface area contributed by atoms with Crippen molar-refractivity contribution in [2.24, 2.45) is 5.92 Å². The van der Waals surface area contributed by atoms with E-state index in [2.05, 4.69) is 15.6 Å². The van der Waals surface area contributed by atoms with Gasteiger partial charge in [-0.3, -0.25) is 14.6 Å². The van der Waals surface area contributed by atoms with E-state index in [1.54, 1.807) is 48.7 Å². The minimum atomic E-state index is -0.304. The highest BCUT2D eigenvalue weighted by atomic mass is 35.5. The molecule has 3 aromatic rings. The fraction of sp³-hybridized carbons (Fsp3) is 0.150. The maximum Gasteiger partial charge on any atom is 0.257 e. The van der Waals surface area contributed by atoms with E-state index in [0.717, 1.165) is 18.2 Å². The van der Waals surface area contributed by atoms with Crippen LogP contribution in [0.4, 0.5) is 11.4 Å². The molecule has 0 atom stereocenters. The Morgan fingerprint density at radius 2 is 1.77 bits per heavy atom. The Morgan fingerprint density at radius 1 is 1.00 bits per heavy atom. The lowest BCUT2D eigenvalue weighted by Crippen LogP contribution is -2.15. The van der Waals surface area contributed by atoms with Crippen molar-refractivity contribution in [3.8, 4) is 0 Å². The molecule has 1 aromatic heterocycles. The van der Waals surface area contributed by atoms with Crippen molar-refractivity contribution in [1.29, 1.82) is 0 Å². The number of hydrogen-bond donors (Lipinski definition) is 2. The van der Waals surface area contributed by atoms with Crippen LogP contribution in [-0.2, 0) is 4.79 Å². The summed E-state index contributed by atoms with van der Waals surface area (Å²) in [6, 6.07) is 14.1. The molecule has 1 aliphatic carbocycles. The summed E-state index contributed by atoms with van der Waals surface area (Å²) < 4.78 is 0. The Hall–Kier alpha value is -2.92. The number of anilines is 2. The van der Waals surface area contributed by atoms with Crippen LogP contribution < -0.4 is 10.6 Å². The van der Waals surface area contributed by atoms with Gasteiger partial charge >= 0.3 is 0 Å². The van der Waals surface area contributed by atoms with Gasteiger partial charge in [-0.15, -0.1) is 0 Å². The van der Waals surface area contributed by atoms with Gasteiger partial charge in [-0.05, 0) is 49.2 Å². The van der Waals surface area contributed by atoms with Gasteiger partial charge < -0.3 is 10.6 Å². The Bertz CT molecular complexity index is 1010. The molecule has 0 saturated heterocycles. The van der Waals surface area contributed by atoms with E-state index in [1.165, 1.54) is 0 Å². The van der Waals surface area contributed by atoms with E-state index in [1.807, 2.05) is 6.07 Å². The molecule has 2 N–H and O–H groups in total. The smallest absolute Gasteiger partial charge is 0.257 e. The van der Waals surface area contributed by atoms with Gasteiger partial charge in [0.2, 0.25) is 5.91 Å². The Morgan fingerprint density at radius 3 is 2.54 bits per heavy atom. The third-order valence-corrected chi connectivity index (χ3v) is 4.47. The second-order valence-electron chi connectivity index (χ2n) is 6.33. The molecule has 1 heterocycles. The number of nitrogens with zero attached hydrogens (tertiary/aromatic N) is 1. The van der Waals surface area contributed by atoms with Crippen molar-refractivity contribution >= 4 is 45.7 Å². The van der Waals surface area contributed by atoms with Crippen LogP contribution in [0.2, 0.25) is 5.02 Å². The zero-order valence-electron chi connectivity index (χ0n) is 13.8. The molecule has 1 saturated carbocycles. The molecule has 2 amide bonds. The highest BCUT2D eigenvalue weighted by Gasteiger charge is 2.29. The quantitative estimate of drug-likeness (QED) is 0.715. The summed E-state index contributed by atoms with van der Waals surface area (Å²) in [5, 5.41) is 6.99. The average molecular weight is 366 g/mol. The maximum absolute atomic E-state index is 12.7. The van der Waals surface area contributed by atoms with Crippen LogP contribution >= 0.6 is 11.6 Å². The first kappa shape index (κ1) is 16.5. The third kappa shape index (κ3) is 3.53. The molecule has 0 bridgehead atoms. The molecule has 5 nitrogen and oxygen atoms in total. The molecule has 6 heteroatoms. The minimum Gasteiger partial charge on any atom is -0.326 e. The van der Waals surface area contributed by atoms with Gasteiger partial charge in [0.15, 0.2) is 0 Å². The van der Waals surface area contributed by atoms with Gasteiger partial charge in [0.05, 0.1) is 11.1 Å². The van der Waals surface area contributed by atoms with Gasteiger partial charge in [-0.2, -0.15) is 0 Å². The number of carbonyl (C=O) groups is 2. The first-order chi connectivity index (χ1) is 12.6. The number of nitrogens with one attached hydrogen (secondary N) is 2. The molecule has 2 aromatic carbocycles. The Kier molecular flexibility index (Phi) is 4.31. The predicted molar refractivity (Wildman–Crippen MR) is 103 cm³/mol. The molecule has 0 unspecified atom stereocenters. The number of halogens is 1. The number of aromatic nitrogens is 1. The zero-order valence-corrected chi connectivity index (χ0v) is 14.6. The van der Waals surface area contributed by atoms with E-state index >= 15 is 0 Å². The molecule has 1 fully saturated rings. The van der Waals surface area contributed by atoms with E-state index in [-0.39, 0.29) is 17.7 Å². The van der Waals surface area contributed by atoms with Crippen molar-refractivity contribution in [3.05, 3.63) is 65.3 Å². The van der Waals surface area contributed by atoms with Crippen molar-refractivity contribution in [1.82, 2.24) is 4.98 Å². The first-order valence-corrected chi connectivity index (χ1v) is 8.74. The average Bonchev–Trinajstić information content (AvgIpc) is 3.46. The van der Waals surface area contributed by atoms with Crippen molar-refractivity contribution in [2.45, 2.75) is 12.8 Å². The van der Waals surface area contributed by atoms with Gasteiger partial charge in [0.1, 0.15) is 0 Å². The van der Waals surface area contributed by atoms with E-state index in [4.69, 9.17) is 11.6 Å². The molecule has 0 aliphatic heterocycles. The number of hydrogen-bond acceptors (Lipinski definition) is 3. The van der Waals surface area contributed by atoms with Crippen molar-refractivity contribution in [3.63, 3.8) is 0 Å². The number of amides is 2. The van der Waals surface area contributed by atoms with Crippen molar-refractivity contribution in [2.75, 3.05) is 10.6 Å². The highest BCUT2D eigenvalue weighted by Crippen LogP contribution is 2.30. The maximum atomic E-state index is 12.7.